The maximum atomic E-state index is 11.7. The number of nitrogens with zero attached hydrogens (tertiary/aromatic N) is 1. The van der Waals surface area contributed by atoms with Crippen molar-refractivity contribution in [2.45, 2.75) is 39.3 Å². The second-order valence-electron chi connectivity index (χ2n) is 4.85. The van der Waals surface area contributed by atoms with E-state index in [1.807, 2.05) is 25.1 Å². The van der Waals surface area contributed by atoms with E-state index in [1.54, 1.807) is 6.20 Å². The van der Waals surface area contributed by atoms with Crippen LogP contribution in [0.15, 0.2) is 24.4 Å². The molecule has 0 radical (unpaired) electrons. The van der Waals surface area contributed by atoms with Gasteiger partial charge in [0.25, 0.3) is 0 Å². The molecule has 0 fully saturated rings. The van der Waals surface area contributed by atoms with Crippen LogP contribution in [-0.4, -0.2) is 24.1 Å². The van der Waals surface area contributed by atoms with E-state index < -0.39 is 0 Å². The number of aromatic nitrogens is 1. The smallest absolute Gasteiger partial charge is 0.322 e. The molecule has 1 N–H and O–H groups in total. The van der Waals surface area contributed by atoms with Crippen molar-refractivity contribution >= 4 is 5.97 Å². The lowest BCUT2D eigenvalue weighted by atomic mass is 10.0. The minimum atomic E-state index is -0.285. The molecule has 0 saturated carbocycles. The molecule has 0 unspecified atom stereocenters. The predicted molar refractivity (Wildman–Crippen MR) is 71.0 cm³/mol. The second-order valence-corrected chi connectivity index (χ2v) is 4.85. The highest BCUT2D eigenvalue weighted by Crippen LogP contribution is 2.13. The number of pyridine rings is 1. The Balaban J connectivity index is 2.68. The Labute approximate surface area is 109 Å². The molecule has 4 nitrogen and oxygen atoms in total. The quantitative estimate of drug-likeness (QED) is 0.787. The van der Waals surface area contributed by atoms with E-state index in [1.165, 1.54) is 7.11 Å². The first-order chi connectivity index (χ1) is 8.54. The molecule has 1 rings (SSSR count). The van der Waals surface area contributed by atoms with Crippen molar-refractivity contribution < 1.29 is 9.53 Å². The van der Waals surface area contributed by atoms with Crippen LogP contribution in [0.2, 0.25) is 0 Å². The number of carbonyl (C=O) groups excluding carboxylic acids is 1. The summed E-state index contributed by atoms with van der Waals surface area (Å²) < 4.78 is 4.83. The molecule has 100 valence electrons. The standard InChI is InChI=1S/C14H22N2O2/c1-10(2)9-13(14(17)18-4)16-11(3)12-7-5-6-8-15-12/h5-8,10-11,13,16H,9H2,1-4H3/t11-,13+/m1/s1. The summed E-state index contributed by atoms with van der Waals surface area (Å²) in [6, 6.07) is 5.50. The Kier molecular flexibility index (Phi) is 5.78. The maximum Gasteiger partial charge on any atom is 0.322 e. The summed E-state index contributed by atoms with van der Waals surface area (Å²) in [6.45, 7) is 6.17. The van der Waals surface area contributed by atoms with Crippen LogP contribution in [0, 0.1) is 5.92 Å². The molecule has 0 aliphatic rings. The monoisotopic (exact) mass is 250 g/mol. The lowest BCUT2D eigenvalue weighted by Crippen LogP contribution is -2.40. The Hall–Kier alpha value is -1.42. The van der Waals surface area contributed by atoms with Crippen molar-refractivity contribution in [2.75, 3.05) is 7.11 Å². The number of ether oxygens (including phenoxy) is 1. The SMILES string of the molecule is COC(=O)[C@H](CC(C)C)N[C@H](C)c1ccccn1. The summed E-state index contributed by atoms with van der Waals surface area (Å²) >= 11 is 0. The van der Waals surface area contributed by atoms with Gasteiger partial charge in [-0.2, -0.15) is 0 Å². The van der Waals surface area contributed by atoms with E-state index in [9.17, 15) is 4.79 Å². The van der Waals surface area contributed by atoms with Crippen molar-refractivity contribution in [3.05, 3.63) is 30.1 Å². The molecule has 0 aliphatic heterocycles. The molecule has 0 bridgehead atoms. The fourth-order valence-corrected chi connectivity index (χ4v) is 1.87. The highest BCUT2D eigenvalue weighted by molar-refractivity contribution is 5.75. The third-order valence-electron chi connectivity index (χ3n) is 2.78. The molecule has 1 aromatic heterocycles. The largest absolute Gasteiger partial charge is 0.468 e. The minimum absolute atomic E-state index is 0.0223. The highest BCUT2D eigenvalue weighted by Gasteiger charge is 2.22. The van der Waals surface area contributed by atoms with Gasteiger partial charge in [-0.1, -0.05) is 19.9 Å². The van der Waals surface area contributed by atoms with E-state index in [-0.39, 0.29) is 18.1 Å². The Bertz CT molecular complexity index is 365. The first kappa shape index (κ1) is 14.6. The molecular formula is C14H22N2O2. The van der Waals surface area contributed by atoms with Gasteiger partial charge < -0.3 is 4.74 Å². The molecule has 4 heteroatoms. The van der Waals surface area contributed by atoms with Gasteiger partial charge in [-0.15, -0.1) is 0 Å². The van der Waals surface area contributed by atoms with Crippen molar-refractivity contribution in [2.24, 2.45) is 5.92 Å². The number of esters is 1. The van der Waals surface area contributed by atoms with Gasteiger partial charge in [0.15, 0.2) is 0 Å². The van der Waals surface area contributed by atoms with E-state index in [2.05, 4.69) is 24.1 Å². The minimum Gasteiger partial charge on any atom is -0.468 e. The van der Waals surface area contributed by atoms with Crippen molar-refractivity contribution in [1.29, 1.82) is 0 Å². The zero-order chi connectivity index (χ0) is 13.5. The molecular weight excluding hydrogens is 228 g/mol. The molecule has 18 heavy (non-hydrogen) atoms. The first-order valence-electron chi connectivity index (χ1n) is 6.29. The first-order valence-corrected chi connectivity index (χ1v) is 6.29. The fraction of sp³-hybridized carbons (Fsp3) is 0.571. The molecule has 0 amide bonds. The summed E-state index contributed by atoms with van der Waals surface area (Å²) in [5, 5.41) is 3.28. The summed E-state index contributed by atoms with van der Waals surface area (Å²) in [7, 11) is 1.42. The van der Waals surface area contributed by atoms with Gasteiger partial charge in [0.05, 0.1) is 12.8 Å². The number of methoxy groups -OCH3 is 1. The van der Waals surface area contributed by atoms with Crippen molar-refractivity contribution in [1.82, 2.24) is 10.3 Å². The molecule has 0 saturated heterocycles. The summed E-state index contributed by atoms with van der Waals surface area (Å²) in [6.07, 6.45) is 2.51. The van der Waals surface area contributed by atoms with Crippen LogP contribution in [0.1, 0.15) is 38.9 Å². The predicted octanol–water partition coefficient (Wildman–Crippen LogP) is 2.32. The van der Waals surface area contributed by atoms with Crippen LogP contribution in [-0.2, 0) is 9.53 Å². The molecule has 0 spiro atoms. The topological polar surface area (TPSA) is 51.2 Å². The number of hydrogen-bond donors (Lipinski definition) is 1. The van der Waals surface area contributed by atoms with E-state index in [4.69, 9.17) is 4.74 Å². The van der Waals surface area contributed by atoms with Crippen LogP contribution in [0.5, 0.6) is 0 Å². The Morgan fingerprint density at radius 1 is 1.39 bits per heavy atom. The van der Waals surface area contributed by atoms with Gasteiger partial charge >= 0.3 is 5.97 Å². The van der Waals surface area contributed by atoms with Gasteiger partial charge in [-0.3, -0.25) is 15.1 Å². The lowest BCUT2D eigenvalue weighted by Gasteiger charge is -2.22. The average molecular weight is 250 g/mol. The van der Waals surface area contributed by atoms with E-state index in [0.29, 0.717) is 5.92 Å². The van der Waals surface area contributed by atoms with Crippen LogP contribution in [0.25, 0.3) is 0 Å². The molecule has 1 aromatic rings. The van der Waals surface area contributed by atoms with E-state index in [0.717, 1.165) is 12.1 Å². The number of carbonyl (C=O) groups is 1. The maximum absolute atomic E-state index is 11.7. The molecule has 0 aromatic carbocycles. The lowest BCUT2D eigenvalue weighted by molar-refractivity contribution is -0.143. The summed E-state index contributed by atoms with van der Waals surface area (Å²) in [5.41, 5.74) is 0.926. The normalized spacial score (nSPS) is 14.3. The Morgan fingerprint density at radius 3 is 2.61 bits per heavy atom. The molecule has 0 aliphatic carbocycles. The van der Waals surface area contributed by atoms with Gasteiger partial charge in [-0.25, -0.2) is 0 Å². The fourth-order valence-electron chi connectivity index (χ4n) is 1.87. The third-order valence-corrected chi connectivity index (χ3v) is 2.78. The van der Waals surface area contributed by atoms with Gasteiger partial charge in [0, 0.05) is 12.2 Å². The second kappa shape index (κ2) is 7.11. The van der Waals surface area contributed by atoms with Crippen LogP contribution in [0.4, 0.5) is 0 Å². The molecule has 1 heterocycles. The van der Waals surface area contributed by atoms with Crippen LogP contribution < -0.4 is 5.32 Å². The molecule has 2 atom stereocenters. The number of nitrogens with one attached hydrogen (secondary N) is 1. The zero-order valence-electron chi connectivity index (χ0n) is 11.5. The van der Waals surface area contributed by atoms with Gasteiger partial charge in [-0.05, 0) is 31.4 Å². The average Bonchev–Trinajstić information content (AvgIpc) is 2.37. The highest BCUT2D eigenvalue weighted by atomic mass is 16.5. The number of hydrogen-bond acceptors (Lipinski definition) is 4. The zero-order valence-corrected chi connectivity index (χ0v) is 11.5. The van der Waals surface area contributed by atoms with Crippen molar-refractivity contribution in [3.63, 3.8) is 0 Å². The van der Waals surface area contributed by atoms with E-state index >= 15 is 0 Å². The summed E-state index contributed by atoms with van der Waals surface area (Å²) in [4.78, 5) is 16.0. The third kappa shape index (κ3) is 4.45. The summed E-state index contributed by atoms with van der Waals surface area (Å²) in [5.74, 6) is 0.212. The van der Waals surface area contributed by atoms with Crippen molar-refractivity contribution in [3.8, 4) is 0 Å². The van der Waals surface area contributed by atoms with Gasteiger partial charge in [0.2, 0.25) is 0 Å². The Morgan fingerprint density at radius 2 is 2.11 bits per heavy atom. The van der Waals surface area contributed by atoms with Gasteiger partial charge in [0.1, 0.15) is 6.04 Å². The van der Waals surface area contributed by atoms with Crippen LogP contribution >= 0.6 is 0 Å². The number of rotatable bonds is 6. The van der Waals surface area contributed by atoms with Crippen LogP contribution in [0.3, 0.4) is 0 Å².